The molecule has 9 nitrogen and oxygen atoms in total. The number of nitrogens with zero attached hydrogens (tertiary/aromatic N) is 4. The number of hydrogen-bond acceptors (Lipinski definition) is 8. The number of carbonyl (C=O) groups is 1. The van der Waals surface area contributed by atoms with Crippen LogP contribution in [0.1, 0.15) is 39.0 Å². The Labute approximate surface area is 176 Å². The average molecular weight is 415 g/mol. The predicted molar refractivity (Wildman–Crippen MR) is 116 cm³/mol. The van der Waals surface area contributed by atoms with Crippen molar-refractivity contribution in [3.8, 4) is 0 Å². The van der Waals surface area contributed by atoms with Crippen molar-refractivity contribution in [3.63, 3.8) is 0 Å². The van der Waals surface area contributed by atoms with Crippen molar-refractivity contribution in [1.29, 1.82) is 0 Å². The molecular weight excluding hydrogens is 384 g/mol. The number of ether oxygens (including phenoxy) is 1. The molecule has 0 aliphatic heterocycles. The van der Waals surface area contributed by atoms with Gasteiger partial charge in [-0.3, -0.25) is 9.79 Å². The van der Waals surface area contributed by atoms with Crippen LogP contribution < -0.4 is 11.1 Å². The van der Waals surface area contributed by atoms with Crippen LogP contribution in [0, 0.1) is 5.92 Å². The average Bonchev–Trinajstić information content (AvgIpc) is 3.14. The standard InChI is InChI=1S/C21H30N6O3/c1-2-30-19(29)7-9-23-13-17(11-22)25-21-24-12-16-8-10-27(20(16)26-21)14-15-3-5-18(28)6-4-15/h8,10-13,15,18,28H,2-7,9,14,22H2,1H3,(H,24,25,26)/b17-11+,23-13?. The predicted octanol–water partition coefficient (Wildman–Crippen LogP) is 2.22. The number of fused-ring (bicyclic) bond motifs is 1. The first-order valence-corrected chi connectivity index (χ1v) is 10.4. The largest absolute Gasteiger partial charge is 0.466 e. The zero-order valence-corrected chi connectivity index (χ0v) is 17.3. The number of allylic oxidation sites excluding steroid dienone is 1. The van der Waals surface area contributed by atoms with Gasteiger partial charge in [0.25, 0.3) is 0 Å². The Kier molecular flexibility index (Phi) is 7.78. The second-order valence-corrected chi connectivity index (χ2v) is 7.45. The summed E-state index contributed by atoms with van der Waals surface area (Å²) in [7, 11) is 0. The minimum atomic E-state index is -0.275. The molecule has 0 amide bonds. The van der Waals surface area contributed by atoms with Crippen molar-refractivity contribution in [2.45, 2.75) is 51.7 Å². The molecule has 1 aliphatic rings. The lowest BCUT2D eigenvalue weighted by Crippen LogP contribution is -2.21. The van der Waals surface area contributed by atoms with Gasteiger partial charge < -0.3 is 25.5 Å². The molecule has 0 unspecified atom stereocenters. The molecule has 0 aromatic carbocycles. The molecule has 0 radical (unpaired) electrons. The number of hydrogen-bond donors (Lipinski definition) is 3. The minimum Gasteiger partial charge on any atom is -0.466 e. The first-order chi connectivity index (χ1) is 14.6. The summed E-state index contributed by atoms with van der Waals surface area (Å²) in [5.74, 6) is 0.694. The highest BCUT2D eigenvalue weighted by Crippen LogP contribution is 2.27. The lowest BCUT2D eigenvalue weighted by Gasteiger charge is -2.25. The van der Waals surface area contributed by atoms with Gasteiger partial charge in [-0.2, -0.15) is 4.98 Å². The monoisotopic (exact) mass is 414 g/mol. The van der Waals surface area contributed by atoms with Crippen molar-refractivity contribution >= 4 is 29.2 Å². The van der Waals surface area contributed by atoms with Gasteiger partial charge in [-0.05, 0) is 44.6 Å². The maximum Gasteiger partial charge on any atom is 0.307 e. The lowest BCUT2D eigenvalue weighted by atomic mass is 9.87. The summed E-state index contributed by atoms with van der Waals surface area (Å²) < 4.78 is 7.02. The third kappa shape index (κ3) is 6.03. The Balaban J connectivity index is 1.62. The van der Waals surface area contributed by atoms with E-state index in [1.807, 2.05) is 12.3 Å². The Morgan fingerprint density at radius 2 is 2.23 bits per heavy atom. The minimum absolute atomic E-state index is 0.152. The first-order valence-electron chi connectivity index (χ1n) is 10.4. The third-order valence-corrected chi connectivity index (χ3v) is 5.19. The van der Waals surface area contributed by atoms with E-state index in [0.717, 1.165) is 43.3 Å². The van der Waals surface area contributed by atoms with Crippen molar-refractivity contribution in [1.82, 2.24) is 14.5 Å². The summed E-state index contributed by atoms with van der Waals surface area (Å²) in [6, 6.07) is 2.01. The van der Waals surface area contributed by atoms with Crippen LogP contribution in [-0.2, 0) is 16.1 Å². The number of aliphatic hydroxyl groups is 1. The van der Waals surface area contributed by atoms with Crippen molar-refractivity contribution in [3.05, 3.63) is 30.4 Å². The molecule has 2 aromatic rings. The van der Waals surface area contributed by atoms with E-state index in [1.54, 1.807) is 19.3 Å². The topological polar surface area (TPSA) is 128 Å². The first kappa shape index (κ1) is 21.8. The van der Waals surface area contributed by atoms with Crippen LogP contribution in [0.25, 0.3) is 11.0 Å². The fourth-order valence-corrected chi connectivity index (χ4v) is 3.58. The van der Waals surface area contributed by atoms with Gasteiger partial charge in [0.1, 0.15) is 5.65 Å². The number of aromatic nitrogens is 3. The molecule has 4 N–H and O–H groups in total. The molecular formula is C21H30N6O3. The highest BCUT2D eigenvalue weighted by atomic mass is 16.5. The summed E-state index contributed by atoms with van der Waals surface area (Å²) in [6.07, 6.45) is 10.6. The van der Waals surface area contributed by atoms with Crippen LogP contribution in [0.5, 0.6) is 0 Å². The van der Waals surface area contributed by atoms with E-state index in [1.165, 1.54) is 6.20 Å². The molecule has 2 aromatic heterocycles. The molecule has 1 fully saturated rings. The molecule has 0 bridgehead atoms. The molecule has 1 saturated carbocycles. The molecule has 162 valence electrons. The van der Waals surface area contributed by atoms with Crippen LogP contribution in [-0.4, -0.2) is 51.1 Å². The third-order valence-electron chi connectivity index (χ3n) is 5.19. The number of aliphatic imine (C=N–C) groups is 1. The Bertz CT molecular complexity index is 899. The lowest BCUT2D eigenvalue weighted by molar-refractivity contribution is -0.142. The SMILES string of the molecule is CCOC(=O)CCN=C/C(=C\N)Nc1ncc2ccn(CC3CCC(O)CC3)c2n1. The molecule has 2 heterocycles. The van der Waals surface area contributed by atoms with Gasteiger partial charge in [0.15, 0.2) is 0 Å². The molecule has 0 atom stereocenters. The highest BCUT2D eigenvalue weighted by Gasteiger charge is 2.20. The summed E-state index contributed by atoms with van der Waals surface area (Å²) in [5.41, 5.74) is 7.07. The molecule has 0 saturated heterocycles. The van der Waals surface area contributed by atoms with Gasteiger partial charge in [-0.25, -0.2) is 4.98 Å². The molecule has 1 aliphatic carbocycles. The van der Waals surface area contributed by atoms with Crippen molar-refractivity contribution in [2.75, 3.05) is 18.5 Å². The van der Waals surface area contributed by atoms with Gasteiger partial charge in [0.2, 0.25) is 5.95 Å². The van der Waals surface area contributed by atoms with E-state index in [-0.39, 0.29) is 18.5 Å². The molecule has 3 rings (SSSR count). The smallest absolute Gasteiger partial charge is 0.307 e. The van der Waals surface area contributed by atoms with Gasteiger partial charge in [0, 0.05) is 43.3 Å². The normalized spacial score (nSPS) is 20.0. The summed E-state index contributed by atoms with van der Waals surface area (Å²) in [4.78, 5) is 24.5. The van der Waals surface area contributed by atoms with Gasteiger partial charge in [-0.15, -0.1) is 0 Å². The zero-order chi connectivity index (χ0) is 21.3. The van der Waals surface area contributed by atoms with E-state index in [9.17, 15) is 9.90 Å². The molecule has 0 spiro atoms. The fourth-order valence-electron chi connectivity index (χ4n) is 3.58. The van der Waals surface area contributed by atoms with E-state index < -0.39 is 0 Å². The number of rotatable bonds is 9. The Morgan fingerprint density at radius 1 is 1.43 bits per heavy atom. The zero-order valence-electron chi connectivity index (χ0n) is 17.3. The van der Waals surface area contributed by atoms with Crippen LogP contribution in [0.4, 0.5) is 5.95 Å². The van der Waals surface area contributed by atoms with E-state index in [4.69, 9.17) is 10.5 Å². The van der Waals surface area contributed by atoms with E-state index >= 15 is 0 Å². The van der Waals surface area contributed by atoms with Crippen LogP contribution in [0.15, 0.2) is 35.3 Å². The highest BCUT2D eigenvalue weighted by molar-refractivity contribution is 5.83. The summed E-state index contributed by atoms with van der Waals surface area (Å²) in [6.45, 7) is 3.33. The second kappa shape index (κ2) is 10.7. The quantitative estimate of drug-likeness (QED) is 0.424. The fraction of sp³-hybridized carbons (Fsp3) is 0.524. The summed E-state index contributed by atoms with van der Waals surface area (Å²) >= 11 is 0. The number of anilines is 1. The van der Waals surface area contributed by atoms with E-state index in [2.05, 4.69) is 24.8 Å². The van der Waals surface area contributed by atoms with E-state index in [0.29, 0.717) is 30.7 Å². The number of aliphatic hydroxyl groups excluding tert-OH is 1. The maximum absolute atomic E-state index is 11.4. The van der Waals surface area contributed by atoms with Gasteiger partial charge in [0.05, 0.1) is 24.8 Å². The molecule has 30 heavy (non-hydrogen) atoms. The van der Waals surface area contributed by atoms with Crippen LogP contribution in [0.3, 0.4) is 0 Å². The Morgan fingerprint density at radius 3 is 2.97 bits per heavy atom. The number of nitrogens with one attached hydrogen (secondary N) is 1. The van der Waals surface area contributed by atoms with Crippen LogP contribution >= 0.6 is 0 Å². The maximum atomic E-state index is 11.4. The molecule has 9 heteroatoms. The number of carbonyl (C=O) groups excluding carboxylic acids is 1. The second-order valence-electron chi connectivity index (χ2n) is 7.45. The van der Waals surface area contributed by atoms with Crippen molar-refractivity contribution < 1.29 is 14.6 Å². The number of esters is 1. The summed E-state index contributed by atoms with van der Waals surface area (Å²) in [5, 5.41) is 13.7. The van der Waals surface area contributed by atoms with Gasteiger partial charge in [-0.1, -0.05) is 0 Å². The number of nitrogens with two attached hydrogens (primary N) is 1. The van der Waals surface area contributed by atoms with Crippen molar-refractivity contribution in [2.24, 2.45) is 16.6 Å². The Hall–Kier alpha value is -2.94. The van der Waals surface area contributed by atoms with Crippen LogP contribution in [0.2, 0.25) is 0 Å². The van der Waals surface area contributed by atoms with Gasteiger partial charge >= 0.3 is 5.97 Å².